The molecule has 0 spiro atoms. The number of rotatable bonds is 4. The number of aromatic carboxylic acids is 1. The molecule has 100 valence electrons. The molecule has 0 radical (unpaired) electrons. The van der Waals surface area contributed by atoms with Crippen LogP contribution in [0.1, 0.15) is 21.7 Å². The number of methoxy groups -OCH3 is 1. The Morgan fingerprint density at radius 1 is 1.53 bits per heavy atom. The lowest BCUT2D eigenvalue weighted by atomic mass is 10.0. The van der Waals surface area contributed by atoms with Crippen LogP contribution in [0.25, 0.3) is 11.3 Å². The Morgan fingerprint density at radius 2 is 2.26 bits per heavy atom. The van der Waals surface area contributed by atoms with E-state index in [1.54, 1.807) is 25.3 Å². The third-order valence-electron chi connectivity index (χ3n) is 2.73. The fraction of sp³-hybridized carbons (Fsp3) is 0.231. The van der Waals surface area contributed by atoms with Crippen molar-refractivity contribution in [3.63, 3.8) is 0 Å². The van der Waals surface area contributed by atoms with Crippen molar-refractivity contribution in [2.45, 2.75) is 13.5 Å². The number of carbonyl (C=O) groups is 1. The Kier molecular flexibility index (Phi) is 3.87. The zero-order valence-corrected chi connectivity index (χ0v) is 11.3. The lowest BCUT2D eigenvalue weighted by Crippen LogP contribution is -1.97. The highest BCUT2D eigenvalue weighted by atomic mass is 35.5. The summed E-state index contributed by atoms with van der Waals surface area (Å²) in [7, 11) is 1.56. The summed E-state index contributed by atoms with van der Waals surface area (Å²) < 4.78 is 4.98. The summed E-state index contributed by atoms with van der Waals surface area (Å²) in [6, 6.07) is 4.86. The number of hydrogen-bond donors (Lipinski definition) is 2. The van der Waals surface area contributed by atoms with Gasteiger partial charge in [-0.25, -0.2) is 9.78 Å². The van der Waals surface area contributed by atoms with Crippen LogP contribution in [-0.2, 0) is 11.3 Å². The van der Waals surface area contributed by atoms with Gasteiger partial charge in [0, 0.05) is 12.7 Å². The summed E-state index contributed by atoms with van der Waals surface area (Å²) in [6.07, 6.45) is 0. The van der Waals surface area contributed by atoms with E-state index in [0.29, 0.717) is 28.8 Å². The van der Waals surface area contributed by atoms with Gasteiger partial charge in [-0.05, 0) is 24.6 Å². The van der Waals surface area contributed by atoms with Gasteiger partial charge >= 0.3 is 5.97 Å². The molecule has 0 aliphatic heterocycles. The second kappa shape index (κ2) is 5.42. The normalized spacial score (nSPS) is 10.7. The van der Waals surface area contributed by atoms with Crippen molar-refractivity contribution >= 4 is 17.6 Å². The molecule has 0 aliphatic carbocycles. The van der Waals surface area contributed by atoms with Crippen LogP contribution in [0.4, 0.5) is 0 Å². The van der Waals surface area contributed by atoms with E-state index in [-0.39, 0.29) is 5.56 Å². The molecule has 0 bridgehead atoms. The predicted molar refractivity (Wildman–Crippen MR) is 71.4 cm³/mol. The fourth-order valence-corrected chi connectivity index (χ4v) is 2.04. The molecule has 1 aromatic heterocycles. The Hall–Kier alpha value is -1.85. The van der Waals surface area contributed by atoms with Gasteiger partial charge in [-0.2, -0.15) is 0 Å². The first-order chi connectivity index (χ1) is 9.02. The molecule has 1 heterocycles. The number of halogens is 1. The SMILES string of the molecule is COCc1nc(-c2cc(C(=O)O)ccc2C)c(Cl)[nH]1. The number of carboxylic acids is 1. The number of nitrogens with zero attached hydrogens (tertiary/aromatic N) is 1. The van der Waals surface area contributed by atoms with Gasteiger partial charge in [0.25, 0.3) is 0 Å². The summed E-state index contributed by atoms with van der Waals surface area (Å²) in [5, 5.41) is 9.40. The molecular weight excluding hydrogens is 268 g/mol. The maximum absolute atomic E-state index is 11.0. The maximum atomic E-state index is 11.0. The van der Waals surface area contributed by atoms with Crippen molar-refractivity contribution in [2.24, 2.45) is 0 Å². The summed E-state index contributed by atoms with van der Waals surface area (Å²) in [5.74, 6) is -0.382. The molecule has 2 aromatic rings. The molecule has 0 saturated heterocycles. The molecule has 1 aromatic carbocycles. The third kappa shape index (κ3) is 2.77. The van der Waals surface area contributed by atoms with Gasteiger partial charge in [0.2, 0.25) is 0 Å². The van der Waals surface area contributed by atoms with E-state index in [1.807, 2.05) is 6.92 Å². The van der Waals surface area contributed by atoms with E-state index in [2.05, 4.69) is 9.97 Å². The summed E-state index contributed by atoms with van der Waals surface area (Å²) in [4.78, 5) is 18.2. The highest BCUT2D eigenvalue weighted by Gasteiger charge is 2.14. The largest absolute Gasteiger partial charge is 0.478 e. The van der Waals surface area contributed by atoms with Gasteiger partial charge in [-0.15, -0.1) is 0 Å². The van der Waals surface area contributed by atoms with Gasteiger partial charge in [0.1, 0.15) is 23.3 Å². The highest BCUT2D eigenvalue weighted by molar-refractivity contribution is 6.32. The van der Waals surface area contributed by atoms with Crippen molar-refractivity contribution in [3.05, 3.63) is 40.3 Å². The summed E-state index contributed by atoms with van der Waals surface area (Å²) >= 11 is 6.10. The Labute approximate surface area is 115 Å². The van der Waals surface area contributed by atoms with Crippen molar-refractivity contribution in [2.75, 3.05) is 7.11 Å². The lowest BCUT2D eigenvalue weighted by Gasteiger charge is -2.04. The number of aryl methyl sites for hydroxylation is 1. The van der Waals surface area contributed by atoms with Crippen LogP contribution in [0.3, 0.4) is 0 Å². The van der Waals surface area contributed by atoms with Crippen molar-refractivity contribution in [1.82, 2.24) is 9.97 Å². The quantitative estimate of drug-likeness (QED) is 0.903. The molecule has 5 nitrogen and oxygen atoms in total. The number of H-pyrrole nitrogens is 1. The van der Waals surface area contributed by atoms with Crippen LogP contribution in [0, 0.1) is 6.92 Å². The smallest absolute Gasteiger partial charge is 0.335 e. The number of benzene rings is 1. The summed E-state index contributed by atoms with van der Waals surface area (Å²) in [6.45, 7) is 2.19. The second-order valence-electron chi connectivity index (χ2n) is 4.11. The van der Waals surface area contributed by atoms with E-state index in [4.69, 9.17) is 21.4 Å². The molecule has 2 rings (SSSR count). The minimum Gasteiger partial charge on any atom is -0.478 e. The van der Waals surface area contributed by atoms with E-state index >= 15 is 0 Å². The van der Waals surface area contributed by atoms with Crippen LogP contribution in [0.2, 0.25) is 5.15 Å². The molecule has 0 aliphatic rings. The van der Waals surface area contributed by atoms with Crippen molar-refractivity contribution in [1.29, 1.82) is 0 Å². The number of ether oxygens (including phenoxy) is 1. The van der Waals surface area contributed by atoms with E-state index < -0.39 is 5.97 Å². The number of imidazole rings is 1. The maximum Gasteiger partial charge on any atom is 0.335 e. The molecule has 0 saturated carbocycles. The minimum absolute atomic E-state index is 0.202. The standard InChI is InChI=1S/C13H13ClN2O3/c1-7-3-4-8(13(17)18)5-9(7)11-12(14)16-10(15-11)6-19-2/h3-5H,6H2,1-2H3,(H,15,16)(H,17,18). The van der Waals surface area contributed by atoms with Crippen LogP contribution in [0.15, 0.2) is 18.2 Å². The van der Waals surface area contributed by atoms with Crippen molar-refractivity contribution < 1.29 is 14.6 Å². The predicted octanol–water partition coefficient (Wildman–Crippen LogP) is 2.88. The van der Waals surface area contributed by atoms with E-state index in [1.165, 1.54) is 0 Å². The van der Waals surface area contributed by atoms with Gasteiger partial charge in [0.15, 0.2) is 0 Å². The monoisotopic (exact) mass is 280 g/mol. The molecule has 19 heavy (non-hydrogen) atoms. The van der Waals surface area contributed by atoms with E-state index in [9.17, 15) is 4.79 Å². The number of aromatic amines is 1. The molecule has 0 atom stereocenters. The van der Waals surface area contributed by atoms with Gasteiger partial charge in [-0.1, -0.05) is 17.7 Å². The van der Waals surface area contributed by atoms with Crippen LogP contribution in [-0.4, -0.2) is 28.2 Å². The molecule has 2 N–H and O–H groups in total. The molecule has 0 fully saturated rings. The number of nitrogens with one attached hydrogen (secondary N) is 1. The average molecular weight is 281 g/mol. The first kappa shape index (κ1) is 13.6. The first-order valence-electron chi connectivity index (χ1n) is 5.60. The Morgan fingerprint density at radius 3 is 2.89 bits per heavy atom. The number of hydrogen-bond acceptors (Lipinski definition) is 3. The molecule has 0 unspecified atom stereocenters. The average Bonchev–Trinajstić information content (AvgIpc) is 2.71. The number of carboxylic acid groups (broad SMARTS) is 1. The highest BCUT2D eigenvalue weighted by Crippen LogP contribution is 2.29. The Bertz CT molecular complexity index is 622. The van der Waals surface area contributed by atoms with Crippen molar-refractivity contribution in [3.8, 4) is 11.3 Å². The van der Waals surface area contributed by atoms with Gasteiger partial charge < -0.3 is 14.8 Å². The Balaban J connectivity index is 2.51. The topological polar surface area (TPSA) is 75.2 Å². The molecule has 6 heteroatoms. The van der Waals surface area contributed by atoms with Crippen LogP contribution in [0.5, 0.6) is 0 Å². The summed E-state index contributed by atoms with van der Waals surface area (Å²) in [5.41, 5.74) is 2.34. The van der Waals surface area contributed by atoms with Crippen LogP contribution >= 0.6 is 11.6 Å². The minimum atomic E-state index is -0.981. The zero-order valence-electron chi connectivity index (χ0n) is 10.5. The fourth-order valence-electron chi connectivity index (χ4n) is 1.79. The number of aromatic nitrogens is 2. The van der Waals surface area contributed by atoms with Crippen LogP contribution < -0.4 is 0 Å². The third-order valence-corrected chi connectivity index (χ3v) is 3.00. The van der Waals surface area contributed by atoms with E-state index in [0.717, 1.165) is 5.56 Å². The van der Waals surface area contributed by atoms with Gasteiger partial charge in [-0.3, -0.25) is 0 Å². The zero-order chi connectivity index (χ0) is 14.0. The molecule has 0 amide bonds. The first-order valence-corrected chi connectivity index (χ1v) is 5.98. The molecular formula is C13H13ClN2O3. The lowest BCUT2D eigenvalue weighted by molar-refractivity contribution is 0.0697. The van der Waals surface area contributed by atoms with Gasteiger partial charge in [0.05, 0.1) is 5.56 Å². The second-order valence-corrected chi connectivity index (χ2v) is 4.49.